The second kappa shape index (κ2) is 8.29. The first-order chi connectivity index (χ1) is 13.6. The van der Waals surface area contributed by atoms with E-state index < -0.39 is 5.91 Å². The number of nitrogens with one attached hydrogen (secondary N) is 1. The first kappa shape index (κ1) is 18.9. The first-order valence-corrected chi connectivity index (χ1v) is 10.5. The Labute approximate surface area is 166 Å². The SMILES string of the molecule is C[C@H]1CC[C@H](NC(=O)C(=O)N2CCC(c3ccnc4ccccc34)CC2)CC1. The fourth-order valence-electron chi connectivity index (χ4n) is 4.66. The summed E-state index contributed by atoms with van der Waals surface area (Å²) in [5.74, 6) is 0.344. The van der Waals surface area contributed by atoms with E-state index in [1.807, 2.05) is 24.4 Å². The van der Waals surface area contributed by atoms with Crippen LogP contribution >= 0.6 is 0 Å². The normalized spacial score (nSPS) is 23.5. The van der Waals surface area contributed by atoms with Gasteiger partial charge in [-0.05, 0) is 68.1 Å². The van der Waals surface area contributed by atoms with Crippen molar-refractivity contribution in [3.8, 4) is 0 Å². The Hall–Kier alpha value is -2.43. The summed E-state index contributed by atoms with van der Waals surface area (Å²) in [6.45, 7) is 3.52. The molecule has 0 radical (unpaired) electrons. The number of carbonyl (C=O) groups is 2. The minimum Gasteiger partial charge on any atom is -0.345 e. The number of nitrogens with zero attached hydrogens (tertiary/aromatic N) is 2. The van der Waals surface area contributed by atoms with Crippen LogP contribution in [0.5, 0.6) is 0 Å². The summed E-state index contributed by atoms with van der Waals surface area (Å²) in [4.78, 5) is 31.2. The maximum atomic E-state index is 12.6. The summed E-state index contributed by atoms with van der Waals surface area (Å²) in [5.41, 5.74) is 2.32. The van der Waals surface area contributed by atoms with Crippen LogP contribution in [-0.2, 0) is 9.59 Å². The average molecular weight is 380 g/mol. The number of likely N-dealkylation sites (tertiary alicyclic amines) is 1. The van der Waals surface area contributed by atoms with Gasteiger partial charge in [-0.25, -0.2) is 0 Å². The molecule has 148 valence electrons. The third-order valence-corrected chi connectivity index (χ3v) is 6.45. The minimum atomic E-state index is -0.424. The molecule has 0 unspecified atom stereocenters. The molecule has 1 saturated heterocycles. The Kier molecular flexibility index (Phi) is 5.60. The van der Waals surface area contributed by atoms with Gasteiger partial charge in [-0.2, -0.15) is 0 Å². The molecule has 0 spiro atoms. The van der Waals surface area contributed by atoms with Gasteiger partial charge in [-0.15, -0.1) is 0 Å². The number of piperidine rings is 1. The van der Waals surface area contributed by atoms with Crippen molar-refractivity contribution >= 4 is 22.7 Å². The van der Waals surface area contributed by atoms with Crippen LogP contribution in [0.25, 0.3) is 10.9 Å². The van der Waals surface area contributed by atoms with Crippen LogP contribution in [0.1, 0.15) is 56.9 Å². The molecule has 2 aliphatic rings. The minimum absolute atomic E-state index is 0.161. The molecule has 1 aliphatic carbocycles. The molecule has 2 fully saturated rings. The fourth-order valence-corrected chi connectivity index (χ4v) is 4.66. The van der Waals surface area contributed by atoms with Crippen LogP contribution in [0.4, 0.5) is 0 Å². The third kappa shape index (κ3) is 4.03. The second-order valence-corrected chi connectivity index (χ2v) is 8.41. The molecular formula is C23H29N3O2. The third-order valence-electron chi connectivity index (χ3n) is 6.45. The van der Waals surface area contributed by atoms with Gasteiger partial charge >= 0.3 is 11.8 Å². The number of carbonyl (C=O) groups excluding carboxylic acids is 2. The summed E-state index contributed by atoms with van der Waals surface area (Å²) >= 11 is 0. The molecule has 4 rings (SSSR count). The predicted molar refractivity (Wildman–Crippen MR) is 110 cm³/mol. The van der Waals surface area contributed by atoms with E-state index in [1.54, 1.807) is 4.90 Å². The highest BCUT2D eigenvalue weighted by atomic mass is 16.2. The number of hydrogen-bond acceptors (Lipinski definition) is 3. The summed E-state index contributed by atoms with van der Waals surface area (Å²) in [6, 6.07) is 10.5. The lowest BCUT2D eigenvalue weighted by Gasteiger charge is -2.33. The summed E-state index contributed by atoms with van der Waals surface area (Å²) in [6.07, 6.45) is 7.86. The number of fused-ring (bicyclic) bond motifs is 1. The first-order valence-electron chi connectivity index (χ1n) is 10.5. The van der Waals surface area contributed by atoms with Crippen molar-refractivity contribution in [3.05, 3.63) is 42.1 Å². The molecule has 1 N–H and O–H groups in total. The standard InChI is InChI=1S/C23H29N3O2/c1-16-6-8-18(9-7-16)25-22(27)23(28)26-14-11-17(12-15-26)19-10-13-24-21-5-3-2-4-20(19)21/h2-5,10,13,16-18H,6-9,11-12,14-15H2,1H3,(H,25,27)/t16-,18-. The zero-order valence-corrected chi connectivity index (χ0v) is 16.6. The van der Waals surface area contributed by atoms with Gasteiger partial charge in [0.25, 0.3) is 0 Å². The molecule has 5 nitrogen and oxygen atoms in total. The summed E-state index contributed by atoms with van der Waals surface area (Å²) in [5, 5.41) is 4.16. The van der Waals surface area contributed by atoms with Gasteiger partial charge in [0.15, 0.2) is 0 Å². The Morgan fingerprint density at radius 1 is 1.00 bits per heavy atom. The molecule has 0 bridgehead atoms. The van der Waals surface area contributed by atoms with Crippen LogP contribution in [0.3, 0.4) is 0 Å². The van der Waals surface area contributed by atoms with Crippen molar-refractivity contribution in [1.82, 2.24) is 15.2 Å². The smallest absolute Gasteiger partial charge is 0.311 e. The molecular weight excluding hydrogens is 350 g/mol. The van der Waals surface area contributed by atoms with Crippen LogP contribution in [0, 0.1) is 5.92 Å². The lowest BCUT2D eigenvalue weighted by molar-refractivity contribution is -0.147. The zero-order chi connectivity index (χ0) is 19.5. The van der Waals surface area contributed by atoms with Crippen molar-refractivity contribution in [2.75, 3.05) is 13.1 Å². The van der Waals surface area contributed by atoms with Gasteiger partial charge in [0.1, 0.15) is 0 Å². The number of amides is 2. The molecule has 28 heavy (non-hydrogen) atoms. The lowest BCUT2D eigenvalue weighted by Crippen LogP contribution is -2.49. The van der Waals surface area contributed by atoms with Gasteiger partial charge in [-0.1, -0.05) is 25.1 Å². The number of para-hydroxylation sites is 1. The Balaban J connectivity index is 1.34. The molecule has 5 heteroatoms. The number of pyridine rings is 1. The summed E-state index contributed by atoms with van der Waals surface area (Å²) in [7, 11) is 0. The average Bonchev–Trinajstić information content (AvgIpc) is 2.74. The van der Waals surface area contributed by atoms with E-state index in [9.17, 15) is 9.59 Å². The molecule has 1 saturated carbocycles. The maximum absolute atomic E-state index is 12.6. The van der Waals surface area contributed by atoms with Crippen LogP contribution < -0.4 is 5.32 Å². The van der Waals surface area contributed by atoms with Crippen molar-refractivity contribution in [2.45, 2.75) is 57.4 Å². The molecule has 2 amide bonds. The van der Waals surface area contributed by atoms with Crippen molar-refractivity contribution in [3.63, 3.8) is 0 Å². The van der Waals surface area contributed by atoms with E-state index in [2.05, 4.69) is 29.4 Å². The van der Waals surface area contributed by atoms with Gasteiger partial charge in [0.05, 0.1) is 5.52 Å². The van der Waals surface area contributed by atoms with Crippen molar-refractivity contribution in [2.24, 2.45) is 5.92 Å². The highest BCUT2D eigenvalue weighted by Crippen LogP contribution is 2.32. The van der Waals surface area contributed by atoms with E-state index in [0.717, 1.165) is 50.0 Å². The topological polar surface area (TPSA) is 62.3 Å². The van der Waals surface area contributed by atoms with E-state index in [4.69, 9.17) is 0 Å². The molecule has 1 aromatic heterocycles. The highest BCUT2D eigenvalue weighted by molar-refractivity contribution is 6.35. The Morgan fingerprint density at radius 3 is 2.46 bits per heavy atom. The quantitative estimate of drug-likeness (QED) is 0.811. The number of benzene rings is 1. The predicted octanol–water partition coefficient (Wildman–Crippen LogP) is 3.64. The van der Waals surface area contributed by atoms with E-state index in [0.29, 0.717) is 19.0 Å². The Bertz CT molecular complexity index is 845. The van der Waals surface area contributed by atoms with E-state index in [-0.39, 0.29) is 11.9 Å². The highest BCUT2D eigenvalue weighted by Gasteiger charge is 2.30. The van der Waals surface area contributed by atoms with Crippen LogP contribution in [0.2, 0.25) is 0 Å². The Morgan fingerprint density at radius 2 is 1.71 bits per heavy atom. The maximum Gasteiger partial charge on any atom is 0.311 e. The van der Waals surface area contributed by atoms with Gasteiger partial charge in [0.2, 0.25) is 0 Å². The fraction of sp³-hybridized carbons (Fsp3) is 0.522. The van der Waals surface area contributed by atoms with Crippen LogP contribution in [0.15, 0.2) is 36.5 Å². The van der Waals surface area contributed by atoms with Gasteiger partial charge in [-0.3, -0.25) is 14.6 Å². The van der Waals surface area contributed by atoms with Gasteiger partial charge < -0.3 is 10.2 Å². The monoisotopic (exact) mass is 379 g/mol. The number of aromatic nitrogens is 1. The molecule has 2 aromatic rings. The van der Waals surface area contributed by atoms with Crippen LogP contribution in [-0.4, -0.2) is 40.8 Å². The molecule has 2 heterocycles. The zero-order valence-electron chi connectivity index (χ0n) is 16.6. The van der Waals surface area contributed by atoms with Crippen molar-refractivity contribution in [1.29, 1.82) is 0 Å². The molecule has 1 aromatic carbocycles. The van der Waals surface area contributed by atoms with Crippen molar-refractivity contribution < 1.29 is 9.59 Å². The molecule has 0 atom stereocenters. The van der Waals surface area contributed by atoms with E-state index >= 15 is 0 Å². The number of hydrogen-bond donors (Lipinski definition) is 1. The lowest BCUT2D eigenvalue weighted by atomic mass is 9.87. The molecule has 1 aliphatic heterocycles. The largest absolute Gasteiger partial charge is 0.345 e. The van der Waals surface area contributed by atoms with E-state index in [1.165, 1.54) is 10.9 Å². The van der Waals surface area contributed by atoms with Gasteiger partial charge in [0, 0.05) is 30.7 Å². The summed E-state index contributed by atoms with van der Waals surface area (Å²) < 4.78 is 0. The number of rotatable bonds is 2. The second-order valence-electron chi connectivity index (χ2n) is 8.41.